The summed E-state index contributed by atoms with van der Waals surface area (Å²) in [6, 6.07) is 6.20. The number of hydrogen-bond donors (Lipinski definition) is 3. The van der Waals surface area contributed by atoms with Gasteiger partial charge in [-0.3, -0.25) is 0 Å². The van der Waals surface area contributed by atoms with Gasteiger partial charge in [-0.2, -0.15) is 0 Å². The Morgan fingerprint density at radius 2 is 2.12 bits per heavy atom. The first-order valence-corrected chi connectivity index (χ1v) is 5.77. The lowest BCUT2D eigenvalue weighted by Gasteiger charge is -2.12. The Kier molecular flexibility index (Phi) is 5.22. The van der Waals surface area contributed by atoms with Gasteiger partial charge < -0.3 is 15.7 Å². The highest BCUT2D eigenvalue weighted by molar-refractivity contribution is 7.80. The highest BCUT2D eigenvalue weighted by Crippen LogP contribution is 2.15. The summed E-state index contributed by atoms with van der Waals surface area (Å²) >= 11 is 5.15. The summed E-state index contributed by atoms with van der Waals surface area (Å²) in [7, 11) is 0. The molecule has 0 saturated carbocycles. The fraction of sp³-hybridized carbons (Fsp3) is 0.417. The Morgan fingerprint density at radius 3 is 2.81 bits per heavy atom. The zero-order valence-electron chi connectivity index (χ0n) is 9.71. The Bertz CT molecular complexity index is 366. The minimum Gasteiger partial charge on any atom is -0.396 e. The van der Waals surface area contributed by atoms with Crippen molar-refractivity contribution in [3.05, 3.63) is 29.3 Å². The second-order valence-corrected chi connectivity index (χ2v) is 4.18. The van der Waals surface area contributed by atoms with Crippen LogP contribution in [-0.2, 0) is 0 Å². The fourth-order valence-electron chi connectivity index (χ4n) is 1.32. The lowest BCUT2D eigenvalue weighted by atomic mass is 10.1. The SMILES string of the molecule is Cc1ccc(C)c(NC(=S)NCCCO)c1. The van der Waals surface area contributed by atoms with Gasteiger partial charge in [-0.25, -0.2) is 0 Å². The van der Waals surface area contributed by atoms with E-state index in [0.717, 1.165) is 11.3 Å². The van der Waals surface area contributed by atoms with E-state index in [9.17, 15) is 0 Å². The maximum Gasteiger partial charge on any atom is 0.170 e. The van der Waals surface area contributed by atoms with Crippen LogP contribution in [0.4, 0.5) is 5.69 Å². The molecule has 0 unspecified atom stereocenters. The van der Waals surface area contributed by atoms with Crippen molar-refractivity contribution in [2.75, 3.05) is 18.5 Å². The van der Waals surface area contributed by atoms with Crippen LogP contribution in [0.2, 0.25) is 0 Å². The minimum atomic E-state index is 0.180. The zero-order valence-corrected chi connectivity index (χ0v) is 10.5. The lowest BCUT2D eigenvalue weighted by molar-refractivity contribution is 0.289. The standard InChI is InChI=1S/C12H18N2OS/c1-9-4-5-10(2)11(8-9)14-12(16)13-6-3-7-15/h4-5,8,15H,3,6-7H2,1-2H3,(H2,13,14,16). The predicted molar refractivity (Wildman–Crippen MR) is 71.8 cm³/mol. The average Bonchev–Trinajstić information content (AvgIpc) is 2.24. The van der Waals surface area contributed by atoms with E-state index < -0.39 is 0 Å². The van der Waals surface area contributed by atoms with E-state index in [2.05, 4.69) is 28.8 Å². The van der Waals surface area contributed by atoms with Gasteiger partial charge in [0.25, 0.3) is 0 Å². The van der Waals surface area contributed by atoms with Gasteiger partial charge in [0.05, 0.1) is 0 Å². The van der Waals surface area contributed by atoms with Crippen LogP contribution >= 0.6 is 12.2 Å². The summed E-state index contributed by atoms with van der Waals surface area (Å²) in [5.41, 5.74) is 3.39. The number of hydrogen-bond acceptors (Lipinski definition) is 2. The molecule has 3 nitrogen and oxygen atoms in total. The molecule has 0 aliphatic heterocycles. The van der Waals surface area contributed by atoms with Gasteiger partial charge in [-0.15, -0.1) is 0 Å². The first-order valence-electron chi connectivity index (χ1n) is 5.36. The minimum absolute atomic E-state index is 0.180. The van der Waals surface area contributed by atoms with Crippen molar-refractivity contribution in [3.63, 3.8) is 0 Å². The summed E-state index contributed by atoms with van der Waals surface area (Å²) in [6.07, 6.45) is 0.703. The van der Waals surface area contributed by atoms with Gasteiger partial charge in [-0.1, -0.05) is 12.1 Å². The van der Waals surface area contributed by atoms with E-state index >= 15 is 0 Å². The van der Waals surface area contributed by atoms with Crippen LogP contribution in [0.25, 0.3) is 0 Å². The molecule has 16 heavy (non-hydrogen) atoms. The monoisotopic (exact) mass is 238 g/mol. The number of anilines is 1. The van der Waals surface area contributed by atoms with Crippen molar-refractivity contribution in [1.29, 1.82) is 0 Å². The lowest BCUT2D eigenvalue weighted by Crippen LogP contribution is -2.29. The number of aryl methyl sites for hydroxylation is 2. The first kappa shape index (κ1) is 12.9. The van der Waals surface area contributed by atoms with Crippen LogP contribution in [0.15, 0.2) is 18.2 Å². The molecule has 0 heterocycles. The number of benzene rings is 1. The summed E-state index contributed by atoms with van der Waals surface area (Å²) in [5.74, 6) is 0. The molecule has 0 atom stereocenters. The molecule has 3 N–H and O–H groups in total. The molecule has 0 aliphatic carbocycles. The highest BCUT2D eigenvalue weighted by atomic mass is 32.1. The molecular formula is C12H18N2OS. The third-order valence-electron chi connectivity index (χ3n) is 2.26. The first-order chi connectivity index (χ1) is 7.63. The van der Waals surface area contributed by atoms with Gasteiger partial charge in [0, 0.05) is 18.8 Å². The molecule has 0 aromatic heterocycles. The number of aliphatic hydroxyl groups excluding tert-OH is 1. The largest absolute Gasteiger partial charge is 0.396 e. The molecule has 4 heteroatoms. The van der Waals surface area contributed by atoms with Crippen molar-refractivity contribution in [3.8, 4) is 0 Å². The molecular weight excluding hydrogens is 220 g/mol. The maximum atomic E-state index is 8.65. The summed E-state index contributed by atoms with van der Waals surface area (Å²) < 4.78 is 0. The molecule has 1 aromatic rings. The highest BCUT2D eigenvalue weighted by Gasteiger charge is 2.00. The van der Waals surface area contributed by atoms with Gasteiger partial charge in [-0.05, 0) is 49.7 Å². The Labute approximate surface area is 102 Å². The van der Waals surface area contributed by atoms with Gasteiger partial charge in [0.15, 0.2) is 5.11 Å². The van der Waals surface area contributed by atoms with Crippen molar-refractivity contribution in [2.24, 2.45) is 0 Å². The van der Waals surface area contributed by atoms with E-state index in [-0.39, 0.29) is 6.61 Å². The molecule has 0 spiro atoms. The predicted octanol–water partition coefficient (Wildman–Crippen LogP) is 1.97. The quantitative estimate of drug-likeness (QED) is 0.554. The van der Waals surface area contributed by atoms with Gasteiger partial charge >= 0.3 is 0 Å². The molecule has 88 valence electrons. The fourth-order valence-corrected chi connectivity index (χ4v) is 1.53. The maximum absolute atomic E-state index is 8.65. The van der Waals surface area contributed by atoms with Crippen molar-refractivity contribution in [1.82, 2.24) is 5.32 Å². The van der Waals surface area contributed by atoms with E-state index in [1.54, 1.807) is 0 Å². The molecule has 0 bridgehead atoms. The molecule has 1 rings (SSSR count). The third-order valence-corrected chi connectivity index (χ3v) is 2.51. The van der Waals surface area contributed by atoms with Gasteiger partial charge in [0.1, 0.15) is 0 Å². The molecule has 0 aliphatic rings. The Balaban J connectivity index is 2.52. The summed E-state index contributed by atoms with van der Waals surface area (Å²) in [5, 5.41) is 15.4. The van der Waals surface area contributed by atoms with Crippen LogP contribution < -0.4 is 10.6 Å². The van der Waals surface area contributed by atoms with Crippen molar-refractivity contribution < 1.29 is 5.11 Å². The number of thiocarbonyl (C=S) groups is 1. The van der Waals surface area contributed by atoms with E-state index in [1.165, 1.54) is 5.56 Å². The summed E-state index contributed by atoms with van der Waals surface area (Å²) in [6.45, 7) is 4.96. The topological polar surface area (TPSA) is 44.3 Å². The van der Waals surface area contributed by atoms with Crippen molar-refractivity contribution in [2.45, 2.75) is 20.3 Å². The van der Waals surface area contributed by atoms with E-state index in [0.29, 0.717) is 18.1 Å². The molecule has 0 amide bonds. The van der Waals surface area contributed by atoms with Gasteiger partial charge in [0.2, 0.25) is 0 Å². The van der Waals surface area contributed by atoms with Crippen LogP contribution in [-0.4, -0.2) is 23.4 Å². The van der Waals surface area contributed by atoms with Crippen LogP contribution in [0.3, 0.4) is 0 Å². The number of rotatable bonds is 4. The zero-order chi connectivity index (χ0) is 12.0. The van der Waals surface area contributed by atoms with Crippen LogP contribution in [0.1, 0.15) is 17.5 Å². The third kappa shape index (κ3) is 4.16. The van der Waals surface area contributed by atoms with Crippen molar-refractivity contribution >= 4 is 23.0 Å². The summed E-state index contributed by atoms with van der Waals surface area (Å²) in [4.78, 5) is 0. The van der Waals surface area contributed by atoms with E-state index in [1.807, 2.05) is 13.8 Å². The average molecular weight is 238 g/mol. The second-order valence-electron chi connectivity index (χ2n) is 3.78. The molecule has 0 fully saturated rings. The smallest absolute Gasteiger partial charge is 0.170 e. The van der Waals surface area contributed by atoms with Crippen LogP contribution in [0, 0.1) is 13.8 Å². The van der Waals surface area contributed by atoms with E-state index in [4.69, 9.17) is 17.3 Å². The normalized spacial score (nSPS) is 9.94. The number of nitrogens with one attached hydrogen (secondary N) is 2. The Morgan fingerprint density at radius 1 is 1.38 bits per heavy atom. The second kappa shape index (κ2) is 6.45. The number of aliphatic hydroxyl groups is 1. The molecule has 0 saturated heterocycles. The molecule has 1 aromatic carbocycles. The molecule has 0 radical (unpaired) electrons. The van der Waals surface area contributed by atoms with Crippen LogP contribution in [0.5, 0.6) is 0 Å². The Hall–Kier alpha value is -1.13.